The van der Waals surface area contributed by atoms with Crippen LogP contribution < -0.4 is 5.32 Å². The van der Waals surface area contributed by atoms with E-state index in [1.54, 1.807) is 6.07 Å². The summed E-state index contributed by atoms with van der Waals surface area (Å²) in [5.74, 6) is -0.391. The van der Waals surface area contributed by atoms with Crippen LogP contribution in [-0.2, 0) is 0 Å². The molecule has 0 bridgehead atoms. The summed E-state index contributed by atoms with van der Waals surface area (Å²) in [5, 5.41) is 3.36. The molecular weight excluding hydrogens is 234 g/mol. The van der Waals surface area contributed by atoms with Crippen LogP contribution in [0.25, 0.3) is 10.9 Å². The number of nitrogens with zero attached hydrogens (tertiary/aromatic N) is 1. The molecule has 0 radical (unpaired) electrons. The molecule has 0 unspecified atom stereocenters. The van der Waals surface area contributed by atoms with E-state index in [0.717, 1.165) is 25.1 Å². The second-order valence-electron chi connectivity index (χ2n) is 4.72. The Bertz CT molecular complexity index is 553. The van der Waals surface area contributed by atoms with Crippen LogP contribution in [0.4, 0.5) is 14.5 Å². The molecule has 0 aliphatic heterocycles. The Morgan fingerprint density at radius 2 is 1.89 bits per heavy atom. The number of pyridine rings is 1. The van der Waals surface area contributed by atoms with Crippen LogP contribution in [-0.4, -0.2) is 11.5 Å². The molecular formula is C14H16F2N2. The van der Waals surface area contributed by atoms with Gasteiger partial charge in [-0.05, 0) is 30.5 Å². The maximum absolute atomic E-state index is 13.8. The fourth-order valence-corrected chi connectivity index (χ4v) is 1.84. The Balaban J connectivity index is 2.36. The van der Waals surface area contributed by atoms with Crippen molar-refractivity contribution in [2.24, 2.45) is 5.92 Å². The number of benzene rings is 1. The summed E-state index contributed by atoms with van der Waals surface area (Å²) >= 11 is 0. The molecule has 2 aromatic rings. The van der Waals surface area contributed by atoms with E-state index >= 15 is 0 Å². The van der Waals surface area contributed by atoms with Crippen LogP contribution in [0.5, 0.6) is 0 Å². The van der Waals surface area contributed by atoms with Crippen LogP contribution in [0.2, 0.25) is 0 Å². The molecule has 0 aliphatic carbocycles. The molecule has 0 saturated heterocycles. The van der Waals surface area contributed by atoms with E-state index in [2.05, 4.69) is 24.1 Å². The van der Waals surface area contributed by atoms with Gasteiger partial charge in [0, 0.05) is 18.4 Å². The minimum absolute atomic E-state index is 0.0737. The summed E-state index contributed by atoms with van der Waals surface area (Å²) in [7, 11) is 0. The average Bonchev–Trinajstić information content (AvgIpc) is 2.33. The molecule has 1 aromatic heterocycles. The third-order valence-corrected chi connectivity index (χ3v) is 2.83. The van der Waals surface area contributed by atoms with Crippen molar-refractivity contribution in [3.8, 4) is 0 Å². The molecule has 0 fully saturated rings. The van der Waals surface area contributed by atoms with Gasteiger partial charge in [-0.2, -0.15) is 0 Å². The monoisotopic (exact) mass is 250 g/mol. The summed E-state index contributed by atoms with van der Waals surface area (Å²) in [6.45, 7) is 4.96. The predicted octanol–water partition coefficient (Wildman–Crippen LogP) is 3.97. The lowest BCUT2D eigenvalue weighted by Gasteiger charge is -2.11. The Labute approximate surface area is 105 Å². The molecule has 2 nitrogen and oxygen atoms in total. The Morgan fingerprint density at radius 1 is 1.17 bits per heavy atom. The minimum atomic E-state index is -0.501. The first-order chi connectivity index (χ1) is 8.59. The highest BCUT2D eigenvalue weighted by Gasteiger charge is 2.11. The van der Waals surface area contributed by atoms with Crippen molar-refractivity contribution in [3.05, 3.63) is 36.0 Å². The molecule has 0 atom stereocenters. The van der Waals surface area contributed by atoms with E-state index in [4.69, 9.17) is 0 Å². The largest absolute Gasteiger partial charge is 0.384 e. The zero-order valence-corrected chi connectivity index (χ0v) is 10.5. The molecule has 1 N–H and O–H groups in total. The van der Waals surface area contributed by atoms with E-state index in [1.165, 1.54) is 6.20 Å². The highest BCUT2D eigenvalue weighted by molar-refractivity contribution is 5.91. The van der Waals surface area contributed by atoms with Gasteiger partial charge in [-0.3, -0.25) is 4.98 Å². The number of hydrogen-bond acceptors (Lipinski definition) is 2. The van der Waals surface area contributed by atoms with Gasteiger partial charge in [0.25, 0.3) is 0 Å². The molecule has 0 saturated carbocycles. The second-order valence-corrected chi connectivity index (χ2v) is 4.72. The summed E-state index contributed by atoms with van der Waals surface area (Å²) in [5.41, 5.74) is 0.669. The quantitative estimate of drug-likeness (QED) is 0.888. The van der Waals surface area contributed by atoms with Crippen molar-refractivity contribution < 1.29 is 8.78 Å². The third kappa shape index (κ3) is 2.58. The number of hydrogen-bond donors (Lipinski definition) is 1. The molecule has 0 aliphatic rings. The van der Waals surface area contributed by atoms with Crippen molar-refractivity contribution >= 4 is 16.6 Å². The van der Waals surface area contributed by atoms with E-state index in [9.17, 15) is 8.78 Å². The lowest BCUT2D eigenvalue weighted by Crippen LogP contribution is -2.06. The highest BCUT2D eigenvalue weighted by atomic mass is 19.1. The van der Waals surface area contributed by atoms with Gasteiger partial charge in [-0.15, -0.1) is 0 Å². The van der Waals surface area contributed by atoms with E-state index < -0.39 is 11.6 Å². The maximum Gasteiger partial charge on any atom is 0.149 e. The molecule has 1 aromatic carbocycles. The third-order valence-electron chi connectivity index (χ3n) is 2.83. The standard InChI is InChI=1S/C14H16F2N2/c1-9(2)5-7-17-12-6-8-18-14-11(16)4-3-10(15)13(12)14/h3-4,6,8-9H,5,7H2,1-2H3,(H,17,18). The van der Waals surface area contributed by atoms with Gasteiger partial charge in [0.05, 0.1) is 5.39 Å². The number of halogens is 2. The van der Waals surface area contributed by atoms with Crippen LogP contribution in [0, 0.1) is 17.6 Å². The molecule has 18 heavy (non-hydrogen) atoms. The number of rotatable bonds is 4. The first-order valence-electron chi connectivity index (χ1n) is 6.06. The number of aromatic nitrogens is 1. The summed E-state index contributed by atoms with van der Waals surface area (Å²) < 4.78 is 27.3. The second kappa shape index (κ2) is 5.29. The van der Waals surface area contributed by atoms with E-state index in [1.807, 2.05) is 0 Å². The van der Waals surface area contributed by atoms with Gasteiger partial charge in [0.2, 0.25) is 0 Å². The highest BCUT2D eigenvalue weighted by Crippen LogP contribution is 2.26. The fourth-order valence-electron chi connectivity index (χ4n) is 1.84. The van der Waals surface area contributed by atoms with Crippen molar-refractivity contribution in [1.29, 1.82) is 0 Å². The zero-order chi connectivity index (χ0) is 13.1. The van der Waals surface area contributed by atoms with Crippen molar-refractivity contribution in [2.45, 2.75) is 20.3 Å². The van der Waals surface area contributed by atoms with Crippen LogP contribution >= 0.6 is 0 Å². The Morgan fingerprint density at radius 3 is 2.61 bits per heavy atom. The average molecular weight is 250 g/mol. The lowest BCUT2D eigenvalue weighted by molar-refractivity contribution is 0.606. The van der Waals surface area contributed by atoms with Gasteiger partial charge in [-0.25, -0.2) is 8.78 Å². The van der Waals surface area contributed by atoms with Crippen LogP contribution in [0.15, 0.2) is 24.4 Å². The van der Waals surface area contributed by atoms with Crippen molar-refractivity contribution in [2.75, 3.05) is 11.9 Å². The first-order valence-corrected chi connectivity index (χ1v) is 6.06. The van der Waals surface area contributed by atoms with E-state index in [0.29, 0.717) is 11.6 Å². The molecule has 2 rings (SSSR count). The SMILES string of the molecule is CC(C)CCNc1ccnc2c(F)ccc(F)c12. The van der Waals surface area contributed by atoms with Gasteiger partial charge >= 0.3 is 0 Å². The maximum atomic E-state index is 13.8. The smallest absolute Gasteiger partial charge is 0.149 e. The molecule has 4 heteroatoms. The first kappa shape index (κ1) is 12.7. The number of nitrogens with one attached hydrogen (secondary N) is 1. The molecule has 0 amide bonds. The summed E-state index contributed by atoms with van der Waals surface area (Å²) in [4.78, 5) is 3.89. The van der Waals surface area contributed by atoms with Gasteiger partial charge < -0.3 is 5.32 Å². The number of fused-ring (bicyclic) bond motifs is 1. The zero-order valence-electron chi connectivity index (χ0n) is 10.5. The topological polar surface area (TPSA) is 24.9 Å². The molecule has 0 spiro atoms. The Kier molecular flexibility index (Phi) is 3.75. The molecule has 1 heterocycles. The molecule has 96 valence electrons. The van der Waals surface area contributed by atoms with Gasteiger partial charge in [0.1, 0.15) is 17.2 Å². The van der Waals surface area contributed by atoms with Crippen molar-refractivity contribution in [1.82, 2.24) is 4.98 Å². The predicted molar refractivity (Wildman–Crippen MR) is 69.6 cm³/mol. The van der Waals surface area contributed by atoms with Gasteiger partial charge in [0.15, 0.2) is 0 Å². The normalized spacial score (nSPS) is 11.2. The fraction of sp³-hybridized carbons (Fsp3) is 0.357. The lowest BCUT2D eigenvalue weighted by atomic mass is 10.1. The summed E-state index contributed by atoms with van der Waals surface area (Å²) in [6.07, 6.45) is 2.46. The summed E-state index contributed by atoms with van der Waals surface area (Å²) in [6, 6.07) is 3.90. The van der Waals surface area contributed by atoms with Crippen LogP contribution in [0.3, 0.4) is 0 Å². The minimum Gasteiger partial charge on any atom is -0.384 e. The van der Waals surface area contributed by atoms with Gasteiger partial charge in [-0.1, -0.05) is 13.8 Å². The number of anilines is 1. The van der Waals surface area contributed by atoms with E-state index in [-0.39, 0.29) is 10.9 Å². The Hall–Kier alpha value is -1.71. The van der Waals surface area contributed by atoms with Crippen molar-refractivity contribution in [3.63, 3.8) is 0 Å². The van der Waals surface area contributed by atoms with Crippen LogP contribution in [0.1, 0.15) is 20.3 Å².